The van der Waals surface area contributed by atoms with Crippen LogP contribution in [0.15, 0.2) is 77.8 Å². The van der Waals surface area contributed by atoms with Crippen LogP contribution in [0.1, 0.15) is 12.0 Å². The first-order chi connectivity index (χ1) is 15.8. The van der Waals surface area contributed by atoms with E-state index in [1.807, 2.05) is 24.3 Å². The number of carbonyl (C=O) groups is 1. The number of carboxylic acids is 1. The smallest absolute Gasteiger partial charge is 0.303 e. The molecule has 0 aliphatic carbocycles. The zero-order valence-electron chi connectivity index (χ0n) is 18.2. The Morgan fingerprint density at radius 1 is 0.879 bits per heavy atom. The third kappa shape index (κ3) is 4.42. The fraction of sp³-hybridized carbons (Fsp3) is 0.160. The molecule has 0 atom stereocenters. The van der Waals surface area contributed by atoms with E-state index in [0.717, 1.165) is 16.9 Å². The minimum absolute atomic E-state index is 0.104. The van der Waals surface area contributed by atoms with Crippen molar-refractivity contribution in [3.63, 3.8) is 0 Å². The van der Waals surface area contributed by atoms with Crippen molar-refractivity contribution in [3.05, 3.63) is 78.5 Å². The van der Waals surface area contributed by atoms with Gasteiger partial charge in [0, 0.05) is 18.0 Å². The lowest BCUT2D eigenvalue weighted by atomic mass is 10.1. The lowest BCUT2D eigenvalue weighted by molar-refractivity contribution is -0.136. The van der Waals surface area contributed by atoms with Crippen molar-refractivity contribution in [1.82, 2.24) is 3.97 Å². The Labute approximate surface area is 191 Å². The number of fused-ring (bicyclic) bond motifs is 1. The van der Waals surface area contributed by atoms with E-state index in [1.54, 1.807) is 49.6 Å². The van der Waals surface area contributed by atoms with Crippen molar-refractivity contribution in [2.24, 2.45) is 0 Å². The first kappa shape index (κ1) is 22.4. The number of carboxylic acid groups (broad SMARTS) is 1. The Morgan fingerprint density at radius 2 is 1.45 bits per heavy atom. The van der Waals surface area contributed by atoms with Crippen LogP contribution in [0.4, 0.5) is 0 Å². The van der Waals surface area contributed by atoms with Crippen LogP contribution in [0.25, 0.3) is 22.0 Å². The number of methoxy groups -OCH3 is 2. The van der Waals surface area contributed by atoms with Crippen molar-refractivity contribution in [1.29, 1.82) is 0 Å². The highest BCUT2D eigenvalue weighted by Gasteiger charge is 2.22. The van der Waals surface area contributed by atoms with Crippen molar-refractivity contribution in [2.45, 2.75) is 17.7 Å². The van der Waals surface area contributed by atoms with Gasteiger partial charge in [-0.3, -0.25) is 4.79 Å². The third-order valence-electron chi connectivity index (χ3n) is 5.50. The molecule has 0 fully saturated rings. The van der Waals surface area contributed by atoms with E-state index in [0.29, 0.717) is 22.2 Å². The molecule has 1 aromatic heterocycles. The highest BCUT2D eigenvalue weighted by molar-refractivity contribution is 7.90. The molecule has 3 aromatic carbocycles. The van der Waals surface area contributed by atoms with Crippen LogP contribution >= 0.6 is 0 Å². The van der Waals surface area contributed by atoms with Gasteiger partial charge in [-0.15, -0.1) is 0 Å². The lowest BCUT2D eigenvalue weighted by Crippen LogP contribution is -2.11. The number of ether oxygens (including phenoxy) is 2. The molecule has 0 saturated heterocycles. The first-order valence-corrected chi connectivity index (χ1v) is 11.7. The van der Waals surface area contributed by atoms with Gasteiger partial charge < -0.3 is 14.6 Å². The van der Waals surface area contributed by atoms with Gasteiger partial charge in [0.05, 0.1) is 24.6 Å². The maximum Gasteiger partial charge on any atom is 0.303 e. The van der Waals surface area contributed by atoms with Crippen LogP contribution in [-0.2, 0) is 21.2 Å². The summed E-state index contributed by atoms with van der Waals surface area (Å²) in [5.41, 5.74) is 2.91. The highest BCUT2D eigenvalue weighted by atomic mass is 32.2. The van der Waals surface area contributed by atoms with Crippen molar-refractivity contribution < 1.29 is 27.8 Å². The summed E-state index contributed by atoms with van der Waals surface area (Å²) in [6.45, 7) is 0. The van der Waals surface area contributed by atoms with E-state index in [2.05, 4.69) is 0 Å². The summed E-state index contributed by atoms with van der Waals surface area (Å²) >= 11 is 0. The van der Waals surface area contributed by atoms with E-state index < -0.39 is 16.0 Å². The molecule has 0 aliphatic rings. The van der Waals surface area contributed by atoms with Crippen LogP contribution in [0, 0.1) is 0 Å². The molecule has 0 unspecified atom stereocenters. The number of aryl methyl sites for hydroxylation is 1. The summed E-state index contributed by atoms with van der Waals surface area (Å²) in [6, 6.07) is 19.2. The predicted octanol–water partition coefficient (Wildman–Crippen LogP) is 4.58. The SMILES string of the molecule is COc1ccc(-c2ccc(S(=O)(=O)n3cc(CCC(=O)O)c4cc(OC)ccc43)cc2)cc1. The van der Waals surface area contributed by atoms with Gasteiger partial charge in [-0.25, -0.2) is 12.4 Å². The molecule has 4 aromatic rings. The van der Waals surface area contributed by atoms with Gasteiger partial charge >= 0.3 is 5.97 Å². The van der Waals surface area contributed by atoms with Crippen LogP contribution in [0.2, 0.25) is 0 Å². The summed E-state index contributed by atoms with van der Waals surface area (Å²) in [4.78, 5) is 11.2. The lowest BCUT2D eigenvalue weighted by Gasteiger charge is -2.09. The number of hydrogen-bond donors (Lipinski definition) is 1. The van der Waals surface area contributed by atoms with Crippen molar-refractivity contribution in [3.8, 4) is 22.6 Å². The minimum Gasteiger partial charge on any atom is -0.497 e. The van der Waals surface area contributed by atoms with Crippen LogP contribution in [-0.4, -0.2) is 37.7 Å². The first-order valence-electron chi connectivity index (χ1n) is 10.2. The molecule has 1 heterocycles. The van der Waals surface area contributed by atoms with Gasteiger partial charge in [0.2, 0.25) is 0 Å². The average Bonchev–Trinajstić information content (AvgIpc) is 3.21. The number of hydrogen-bond acceptors (Lipinski definition) is 5. The largest absolute Gasteiger partial charge is 0.497 e. The standard InChI is InChI=1S/C25H23NO6S/c1-31-20-8-3-17(4-9-20)18-5-11-22(12-6-18)33(29,30)26-16-19(7-14-25(27)28)23-15-21(32-2)10-13-24(23)26/h3-6,8-13,15-16H,7,14H2,1-2H3,(H,27,28). The van der Waals surface area contributed by atoms with E-state index in [9.17, 15) is 13.2 Å². The Morgan fingerprint density at radius 3 is 2.03 bits per heavy atom. The van der Waals surface area contributed by atoms with Crippen LogP contribution in [0.5, 0.6) is 11.5 Å². The Balaban J connectivity index is 1.74. The summed E-state index contributed by atoms with van der Waals surface area (Å²) in [5, 5.41) is 9.73. The summed E-state index contributed by atoms with van der Waals surface area (Å²) in [5.74, 6) is 0.363. The van der Waals surface area contributed by atoms with E-state index in [4.69, 9.17) is 14.6 Å². The Kier molecular flexibility index (Phi) is 6.11. The molecular weight excluding hydrogens is 442 g/mol. The normalized spacial score (nSPS) is 11.5. The molecule has 0 spiro atoms. The molecule has 1 N–H and O–H groups in total. The molecular formula is C25H23NO6S. The topological polar surface area (TPSA) is 94.8 Å². The molecule has 170 valence electrons. The molecule has 0 amide bonds. The fourth-order valence-electron chi connectivity index (χ4n) is 3.73. The van der Waals surface area contributed by atoms with Crippen molar-refractivity contribution in [2.75, 3.05) is 14.2 Å². The molecule has 4 rings (SSSR count). The number of aliphatic carboxylic acids is 1. The Hall–Kier alpha value is -3.78. The van der Waals surface area contributed by atoms with Gasteiger partial charge in [0.15, 0.2) is 0 Å². The molecule has 0 radical (unpaired) electrons. The van der Waals surface area contributed by atoms with Crippen LogP contribution in [0.3, 0.4) is 0 Å². The number of aromatic nitrogens is 1. The fourth-order valence-corrected chi connectivity index (χ4v) is 5.12. The number of nitrogens with zero attached hydrogens (tertiary/aromatic N) is 1. The quantitative estimate of drug-likeness (QED) is 0.409. The van der Waals surface area contributed by atoms with Gasteiger partial charge in [-0.2, -0.15) is 0 Å². The Bertz CT molecular complexity index is 1400. The minimum atomic E-state index is -3.90. The van der Waals surface area contributed by atoms with Crippen molar-refractivity contribution >= 4 is 26.9 Å². The van der Waals surface area contributed by atoms with Crippen LogP contribution < -0.4 is 9.47 Å². The molecule has 8 heteroatoms. The van der Waals surface area contributed by atoms with Gasteiger partial charge in [0.25, 0.3) is 10.0 Å². The zero-order valence-corrected chi connectivity index (χ0v) is 19.0. The van der Waals surface area contributed by atoms with Gasteiger partial charge in [-0.1, -0.05) is 24.3 Å². The van der Waals surface area contributed by atoms with E-state index in [-0.39, 0.29) is 17.7 Å². The summed E-state index contributed by atoms with van der Waals surface area (Å²) in [7, 11) is -0.780. The molecule has 0 bridgehead atoms. The highest BCUT2D eigenvalue weighted by Crippen LogP contribution is 2.31. The summed E-state index contributed by atoms with van der Waals surface area (Å²) < 4.78 is 38.6. The molecule has 0 saturated carbocycles. The monoisotopic (exact) mass is 465 g/mol. The molecule has 0 aliphatic heterocycles. The predicted molar refractivity (Wildman–Crippen MR) is 125 cm³/mol. The number of benzene rings is 3. The van der Waals surface area contributed by atoms with Gasteiger partial charge in [-0.05, 0) is 65.6 Å². The van der Waals surface area contributed by atoms with Gasteiger partial charge in [0.1, 0.15) is 11.5 Å². The van der Waals surface area contributed by atoms with E-state index >= 15 is 0 Å². The maximum atomic E-state index is 13.5. The molecule has 7 nitrogen and oxygen atoms in total. The second kappa shape index (κ2) is 8.99. The van der Waals surface area contributed by atoms with E-state index in [1.165, 1.54) is 17.3 Å². The average molecular weight is 466 g/mol. The summed E-state index contributed by atoms with van der Waals surface area (Å²) in [6.07, 6.45) is 1.60. The maximum absolute atomic E-state index is 13.5. The second-order valence-corrected chi connectivity index (χ2v) is 9.30. The second-order valence-electron chi connectivity index (χ2n) is 7.48. The third-order valence-corrected chi connectivity index (χ3v) is 7.19. The number of rotatable bonds is 8. The zero-order chi connectivity index (χ0) is 23.6. The molecule has 33 heavy (non-hydrogen) atoms.